The number of amides is 1. The highest BCUT2D eigenvalue weighted by Crippen LogP contribution is 2.27. The number of para-hydroxylation sites is 1. The fourth-order valence-corrected chi connectivity index (χ4v) is 4.22. The van der Waals surface area contributed by atoms with Crippen LogP contribution >= 0.6 is 11.3 Å². The summed E-state index contributed by atoms with van der Waals surface area (Å²) in [6.07, 6.45) is 1.55. The van der Waals surface area contributed by atoms with Gasteiger partial charge in [-0.1, -0.05) is 18.2 Å². The molecule has 0 aliphatic heterocycles. The van der Waals surface area contributed by atoms with Crippen LogP contribution in [-0.2, 0) is 6.54 Å². The second-order valence-corrected chi connectivity index (χ2v) is 8.28. The van der Waals surface area contributed by atoms with Gasteiger partial charge in [-0.15, -0.1) is 11.3 Å². The van der Waals surface area contributed by atoms with Crippen LogP contribution in [0.3, 0.4) is 0 Å². The summed E-state index contributed by atoms with van der Waals surface area (Å²) in [4.78, 5) is 30.2. The third kappa shape index (κ3) is 4.31. The molecule has 1 aromatic carbocycles. The van der Waals surface area contributed by atoms with Crippen molar-refractivity contribution in [1.82, 2.24) is 29.9 Å². The normalized spacial score (nSPS) is 10.9. The van der Waals surface area contributed by atoms with Gasteiger partial charge in [-0.2, -0.15) is 10.2 Å². The van der Waals surface area contributed by atoms with E-state index < -0.39 is 0 Å². The maximum Gasteiger partial charge on any atom is 0.266 e. The van der Waals surface area contributed by atoms with Gasteiger partial charge in [0, 0.05) is 12.6 Å². The van der Waals surface area contributed by atoms with Gasteiger partial charge < -0.3 is 5.32 Å². The monoisotopic (exact) mass is 434 g/mol. The number of carbonyl (C=O) groups is 1. The average Bonchev–Trinajstić information content (AvgIpc) is 3.31. The molecule has 0 saturated heterocycles. The van der Waals surface area contributed by atoms with Crippen LogP contribution in [-0.4, -0.2) is 37.0 Å². The highest BCUT2D eigenvalue weighted by Gasteiger charge is 2.15. The lowest BCUT2D eigenvalue weighted by Crippen LogP contribution is -2.32. The molecule has 0 unspecified atom stereocenters. The number of thiazole rings is 1. The Hall–Kier alpha value is -3.59. The largest absolute Gasteiger partial charge is 0.350 e. The molecule has 9 heteroatoms. The van der Waals surface area contributed by atoms with Crippen LogP contribution in [0.5, 0.6) is 0 Å². The molecular weight excluding hydrogens is 412 g/mol. The van der Waals surface area contributed by atoms with Gasteiger partial charge in [0.2, 0.25) is 0 Å². The molecule has 0 spiro atoms. The highest BCUT2D eigenvalue weighted by atomic mass is 32.1. The van der Waals surface area contributed by atoms with Crippen LogP contribution < -0.4 is 10.9 Å². The lowest BCUT2D eigenvalue weighted by atomic mass is 10.2. The van der Waals surface area contributed by atoms with Gasteiger partial charge in [0.05, 0.1) is 45.3 Å². The summed E-state index contributed by atoms with van der Waals surface area (Å²) in [6.45, 7) is 6.25. The molecule has 0 fully saturated rings. The van der Waals surface area contributed by atoms with Crippen molar-refractivity contribution >= 4 is 17.2 Å². The van der Waals surface area contributed by atoms with E-state index in [1.807, 2.05) is 51.1 Å². The number of aryl methyl sites for hydroxylation is 2. The molecule has 8 nitrogen and oxygen atoms in total. The molecule has 0 aliphatic rings. The van der Waals surface area contributed by atoms with E-state index in [0.29, 0.717) is 11.3 Å². The molecular formula is C22H22N6O2S. The topological polar surface area (TPSA) is 94.7 Å². The van der Waals surface area contributed by atoms with Crippen molar-refractivity contribution in [2.45, 2.75) is 27.3 Å². The molecule has 158 valence electrons. The summed E-state index contributed by atoms with van der Waals surface area (Å²) in [5, 5.41) is 12.6. The fraction of sp³-hybridized carbons (Fsp3) is 0.227. The zero-order valence-corrected chi connectivity index (χ0v) is 18.3. The Bertz CT molecular complexity index is 1290. The molecule has 1 amide bonds. The van der Waals surface area contributed by atoms with Crippen molar-refractivity contribution in [3.8, 4) is 16.3 Å². The number of nitrogens with zero attached hydrogens (tertiary/aromatic N) is 5. The Balaban J connectivity index is 1.45. The van der Waals surface area contributed by atoms with E-state index in [2.05, 4.69) is 20.5 Å². The Morgan fingerprint density at radius 3 is 2.58 bits per heavy atom. The molecule has 31 heavy (non-hydrogen) atoms. The Labute approximate surface area is 183 Å². The van der Waals surface area contributed by atoms with Crippen LogP contribution in [0.25, 0.3) is 16.3 Å². The molecule has 0 radical (unpaired) electrons. The predicted octanol–water partition coefficient (Wildman–Crippen LogP) is 2.91. The lowest BCUT2D eigenvalue weighted by Gasteiger charge is -2.08. The van der Waals surface area contributed by atoms with Crippen molar-refractivity contribution in [2.75, 3.05) is 6.54 Å². The van der Waals surface area contributed by atoms with Gasteiger partial charge in [0.25, 0.3) is 11.5 Å². The second-order valence-electron chi connectivity index (χ2n) is 7.07. The number of carbonyl (C=O) groups excluding carboxylic acids is 1. The average molecular weight is 435 g/mol. The maximum atomic E-state index is 12.6. The first-order chi connectivity index (χ1) is 14.9. The number of hydrogen-bond acceptors (Lipinski definition) is 6. The quantitative estimate of drug-likeness (QED) is 0.504. The summed E-state index contributed by atoms with van der Waals surface area (Å²) in [7, 11) is 0. The zero-order chi connectivity index (χ0) is 22.0. The van der Waals surface area contributed by atoms with E-state index in [0.717, 1.165) is 27.0 Å². The molecule has 4 aromatic rings. The summed E-state index contributed by atoms with van der Waals surface area (Å²) in [5.41, 5.74) is 3.50. The van der Waals surface area contributed by atoms with Gasteiger partial charge >= 0.3 is 0 Å². The summed E-state index contributed by atoms with van der Waals surface area (Å²) >= 11 is 1.54. The van der Waals surface area contributed by atoms with Gasteiger partial charge in [0.1, 0.15) is 5.69 Å². The van der Waals surface area contributed by atoms with Gasteiger partial charge in [-0.3, -0.25) is 9.59 Å². The van der Waals surface area contributed by atoms with Crippen LogP contribution in [0.15, 0.2) is 53.5 Å². The SMILES string of the molecule is Cc1nc(C)c(-c2ccc(=O)n(CCNC(=O)c3cnn(-c4ccccc4)c3C)n2)s1. The Kier molecular flexibility index (Phi) is 5.77. The fourth-order valence-electron chi connectivity index (χ4n) is 3.33. The van der Waals surface area contributed by atoms with E-state index in [1.165, 1.54) is 10.7 Å². The summed E-state index contributed by atoms with van der Waals surface area (Å²) < 4.78 is 3.09. The van der Waals surface area contributed by atoms with Crippen LogP contribution in [0, 0.1) is 20.8 Å². The number of aromatic nitrogens is 5. The lowest BCUT2D eigenvalue weighted by molar-refractivity contribution is 0.0951. The van der Waals surface area contributed by atoms with Crippen molar-refractivity contribution in [3.63, 3.8) is 0 Å². The Morgan fingerprint density at radius 1 is 1.10 bits per heavy atom. The van der Waals surface area contributed by atoms with Crippen LogP contribution in [0.4, 0.5) is 0 Å². The summed E-state index contributed by atoms with van der Waals surface area (Å²) in [5.74, 6) is -0.238. The third-order valence-corrected chi connectivity index (χ3v) is 5.96. The van der Waals surface area contributed by atoms with E-state index in [1.54, 1.807) is 28.3 Å². The van der Waals surface area contributed by atoms with E-state index >= 15 is 0 Å². The molecule has 3 heterocycles. The Morgan fingerprint density at radius 2 is 1.87 bits per heavy atom. The molecule has 0 saturated carbocycles. The zero-order valence-electron chi connectivity index (χ0n) is 17.5. The summed E-state index contributed by atoms with van der Waals surface area (Å²) in [6, 6.07) is 12.8. The highest BCUT2D eigenvalue weighted by molar-refractivity contribution is 7.15. The van der Waals surface area contributed by atoms with E-state index in [4.69, 9.17) is 0 Å². The minimum absolute atomic E-state index is 0.218. The smallest absolute Gasteiger partial charge is 0.266 e. The standard InChI is InChI=1S/C22H22N6O2S/c1-14-21(31-16(3)25-14)19-9-10-20(29)27(26-19)12-11-23-22(30)18-13-24-28(15(18)2)17-7-5-4-6-8-17/h4-10,13H,11-12H2,1-3H3,(H,23,30). The minimum atomic E-state index is -0.238. The second kappa shape index (κ2) is 8.65. The minimum Gasteiger partial charge on any atom is -0.350 e. The molecule has 4 rings (SSSR count). The first kappa shape index (κ1) is 20.7. The third-order valence-electron chi connectivity index (χ3n) is 4.87. The molecule has 0 bridgehead atoms. The number of benzene rings is 1. The molecule has 1 N–H and O–H groups in total. The van der Waals surface area contributed by atoms with E-state index in [9.17, 15) is 9.59 Å². The predicted molar refractivity (Wildman–Crippen MR) is 120 cm³/mol. The van der Waals surface area contributed by atoms with Crippen molar-refractivity contribution < 1.29 is 4.79 Å². The van der Waals surface area contributed by atoms with Crippen LogP contribution in [0.2, 0.25) is 0 Å². The number of hydrogen-bond donors (Lipinski definition) is 1. The number of nitrogens with one attached hydrogen (secondary N) is 1. The maximum absolute atomic E-state index is 12.6. The van der Waals surface area contributed by atoms with Gasteiger partial charge in [-0.05, 0) is 39.0 Å². The molecule has 0 aliphatic carbocycles. The first-order valence-corrected chi connectivity index (χ1v) is 10.7. The van der Waals surface area contributed by atoms with Crippen LogP contribution in [0.1, 0.15) is 26.8 Å². The van der Waals surface area contributed by atoms with Gasteiger partial charge in [-0.25, -0.2) is 14.3 Å². The first-order valence-electron chi connectivity index (χ1n) is 9.85. The molecule has 0 atom stereocenters. The van der Waals surface area contributed by atoms with Crippen molar-refractivity contribution in [3.05, 3.63) is 81.0 Å². The number of rotatable bonds is 6. The molecule has 3 aromatic heterocycles. The van der Waals surface area contributed by atoms with Crippen molar-refractivity contribution in [1.29, 1.82) is 0 Å². The van der Waals surface area contributed by atoms with Crippen molar-refractivity contribution in [2.24, 2.45) is 0 Å². The van der Waals surface area contributed by atoms with Gasteiger partial charge in [0.15, 0.2) is 0 Å². The van der Waals surface area contributed by atoms with E-state index in [-0.39, 0.29) is 24.6 Å².